The highest BCUT2D eigenvalue weighted by atomic mass is 79.9. The Morgan fingerprint density at radius 3 is 2.27 bits per heavy atom. The van der Waals surface area contributed by atoms with Gasteiger partial charge in [-0.25, -0.2) is 12.7 Å². The Balaban J connectivity index is 1.83. The fraction of sp³-hybridized carbons (Fsp3) is 0.240. The summed E-state index contributed by atoms with van der Waals surface area (Å²) in [7, 11) is -4.13. The van der Waals surface area contributed by atoms with E-state index < -0.39 is 15.9 Å². The molecule has 0 aromatic heterocycles. The number of aryl methyl sites for hydroxylation is 3. The van der Waals surface area contributed by atoms with Crippen molar-refractivity contribution in [3.05, 3.63) is 86.8 Å². The van der Waals surface area contributed by atoms with Crippen molar-refractivity contribution in [2.24, 2.45) is 0 Å². The molecule has 33 heavy (non-hydrogen) atoms. The van der Waals surface area contributed by atoms with E-state index in [4.69, 9.17) is 16.3 Å². The number of nitrogens with zero attached hydrogens (tertiary/aromatic N) is 1. The van der Waals surface area contributed by atoms with Gasteiger partial charge in [-0.3, -0.25) is 4.79 Å². The van der Waals surface area contributed by atoms with E-state index in [1.54, 1.807) is 19.1 Å². The van der Waals surface area contributed by atoms with Crippen molar-refractivity contribution < 1.29 is 17.9 Å². The zero-order valence-corrected chi connectivity index (χ0v) is 21.8. The number of hydrogen-bond donors (Lipinski definition) is 0. The molecule has 8 heteroatoms. The van der Waals surface area contributed by atoms with Crippen LogP contribution in [0.2, 0.25) is 5.02 Å². The maximum absolute atomic E-state index is 13.5. The van der Waals surface area contributed by atoms with Crippen LogP contribution in [-0.4, -0.2) is 20.9 Å². The molecule has 3 rings (SSSR count). The van der Waals surface area contributed by atoms with E-state index in [0.29, 0.717) is 28.4 Å². The van der Waals surface area contributed by atoms with Crippen molar-refractivity contribution in [1.29, 1.82) is 0 Å². The molecule has 0 bridgehead atoms. The lowest BCUT2D eigenvalue weighted by Gasteiger charge is -2.25. The normalized spacial score (nSPS) is 11.3. The van der Waals surface area contributed by atoms with Crippen molar-refractivity contribution in [2.75, 3.05) is 10.9 Å². The van der Waals surface area contributed by atoms with Crippen LogP contribution in [0.5, 0.6) is 5.75 Å². The fourth-order valence-corrected chi connectivity index (χ4v) is 5.52. The van der Waals surface area contributed by atoms with E-state index in [0.717, 1.165) is 19.9 Å². The summed E-state index contributed by atoms with van der Waals surface area (Å²) in [4.78, 5) is 13.3. The van der Waals surface area contributed by atoms with Crippen molar-refractivity contribution >= 4 is 49.1 Å². The van der Waals surface area contributed by atoms with Crippen LogP contribution in [0, 0.1) is 20.8 Å². The van der Waals surface area contributed by atoms with Crippen LogP contribution in [0.25, 0.3) is 0 Å². The second kappa shape index (κ2) is 10.7. The van der Waals surface area contributed by atoms with Gasteiger partial charge in [0.2, 0.25) is 5.91 Å². The van der Waals surface area contributed by atoms with Crippen molar-refractivity contribution in [3.63, 3.8) is 0 Å². The summed E-state index contributed by atoms with van der Waals surface area (Å²) in [6.45, 7) is 5.89. The number of sulfonamides is 1. The van der Waals surface area contributed by atoms with Crippen LogP contribution in [0.15, 0.2) is 70.0 Å². The van der Waals surface area contributed by atoms with Gasteiger partial charge in [0.05, 0.1) is 21.7 Å². The number of benzene rings is 3. The molecule has 0 saturated heterocycles. The molecular weight excluding hydrogens is 526 g/mol. The Labute approximate surface area is 208 Å². The van der Waals surface area contributed by atoms with E-state index >= 15 is 0 Å². The standard InChI is InChI=1S/C25H25BrClNO4S/c1-17-7-13-24(22(26)15-17)32-14-4-5-25(29)28(23-16-18(2)6-8-19(23)3)33(30,31)21-11-9-20(27)10-12-21/h6-13,15-16H,4-5,14H2,1-3H3. The molecule has 0 N–H and O–H groups in total. The van der Waals surface area contributed by atoms with Gasteiger partial charge in [-0.1, -0.05) is 29.8 Å². The van der Waals surface area contributed by atoms with Crippen LogP contribution in [0.4, 0.5) is 5.69 Å². The second-order valence-corrected chi connectivity index (χ2v) is 10.9. The van der Waals surface area contributed by atoms with Crippen molar-refractivity contribution in [2.45, 2.75) is 38.5 Å². The maximum atomic E-state index is 13.5. The molecule has 0 aliphatic rings. The summed E-state index contributed by atoms with van der Waals surface area (Å²) >= 11 is 9.39. The fourth-order valence-electron chi connectivity index (χ4n) is 3.28. The molecule has 0 unspecified atom stereocenters. The van der Waals surface area contributed by atoms with E-state index in [-0.39, 0.29) is 17.9 Å². The van der Waals surface area contributed by atoms with Crippen LogP contribution in [0.3, 0.4) is 0 Å². The number of rotatable bonds is 8. The number of carbonyl (C=O) groups excluding carboxylic acids is 1. The van der Waals surface area contributed by atoms with Gasteiger partial charge in [0.1, 0.15) is 5.75 Å². The van der Waals surface area contributed by atoms with Crippen LogP contribution in [0.1, 0.15) is 29.5 Å². The van der Waals surface area contributed by atoms with Crippen LogP contribution >= 0.6 is 27.5 Å². The monoisotopic (exact) mass is 549 g/mol. The Hall–Kier alpha value is -2.35. The molecule has 0 aliphatic heterocycles. The first-order valence-corrected chi connectivity index (χ1v) is 13.0. The summed E-state index contributed by atoms with van der Waals surface area (Å²) in [6, 6.07) is 16.9. The van der Waals surface area contributed by atoms with Gasteiger partial charge in [-0.05, 0) is 102 Å². The van der Waals surface area contributed by atoms with Crippen molar-refractivity contribution in [3.8, 4) is 5.75 Å². The summed E-state index contributed by atoms with van der Waals surface area (Å²) in [5.41, 5.74) is 2.98. The smallest absolute Gasteiger partial charge is 0.270 e. The molecule has 0 fully saturated rings. The molecule has 0 spiro atoms. The summed E-state index contributed by atoms with van der Waals surface area (Å²) in [5.74, 6) is 0.151. The van der Waals surface area contributed by atoms with E-state index in [1.807, 2.05) is 38.1 Å². The number of carbonyl (C=O) groups is 1. The molecule has 0 atom stereocenters. The van der Waals surface area contributed by atoms with Crippen LogP contribution < -0.4 is 9.04 Å². The maximum Gasteiger partial charge on any atom is 0.270 e. The highest BCUT2D eigenvalue weighted by Crippen LogP contribution is 2.30. The Bertz CT molecular complexity index is 1260. The quantitative estimate of drug-likeness (QED) is 0.296. The number of halogens is 2. The molecular formula is C25H25BrClNO4S. The van der Waals surface area contributed by atoms with Gasteiger partial charge < -0.3 is 4.74 Å². The third-order valence-corrected chi connectivity index (χ3v) is 7.66. The lowest BCUT2D eigenvalue weighted by molar-refractivity contribution is -0.117. The lowest BCUT2D eigenvalue weighted by Crippen LogP contribution is -2.37. The van der Waals surface area contributed by atoms with Gasteiger partial charge in [0.15, 0.2) is 0 Å². The predicted molar refractivity (Wildman–Crippen MR) is 136 cm³/mol. The SMILES string of the molecule is Cc1ccc(OCCCC(=O)N(c2cc(C)ccc2C)S(=O)(=O)c2ccc(Cl)cc2)c(Br)c1. The summed E-state index contributed by atoms with van der Waals surface area (Å²) < 4.78 is 34.5. The number of anilines is 1. The zero-order valence-electron chi connectivity index (χ0n) is 18.6. The largest absolute Gasteiger partial charge is 0.492 e. The van der Waals surface area contributed by atoms with Gasteiger partial charge in [0, 0.05) is 11.4 Å². The second-order valence-electron chi connectivity index (χ2n) is 7.79. The molecule has 0 saturated carbocycles. The van der Waals surface area contributed by atoms with E-state index in [9.17, 15) is 13.2 Å². The van der Waals surface area contributed by atoms with E-state index in [1.165, 1.54) is 24.3 Å². The molecule has 3 aromatic rings. The first-order chi connectivity index (χ1) is 15.6. The topological polar surface area (TPSA) is 63.7 Å². The summed E-state index contributed by atoms with van der Waals surface area (Å²) in [6.07, 6.45) is 0.361. The molecule has 1 amide bonds. The minimum atomic E-state index is -4.13. The van der Waals surface area contributed by atoms with Gasteiger partial charge in [-0.2, -0.15) is 0 Å². The first-order valence-electron chi connectivity index (χ1n) is 10.4. The minimum absolute atomic E-state index is 0.000919. The number of amides is 1. The van der Waals surface area contributed by atoms with Crippen molar-refractivity contribution in [1.82, 2.24) is 0 Å². The third-order valence-electron chi connectivity index (χ3n) is 5.04. The molecule has 5 nitrogen and oxygen atoms in total. The highest BCUT2D eigenvalue weighted by molar-refractivity contribution is 9.10. The molecule has 0 aliphatic carbocycles. The number of hydrogen-bond acceptors (Lipinski definition) is 4. The molecule has 3 aromatic carbocycles. The molecule has 174 valence electrons. The van der Waals surface area contributed by atoms with Gasteiger partial charge in [0.25, 0.3) is 10.0 Å². The average Bonchev–Trinajstić information content (AvgIpc) is 2.75. The summed E-state index contributed by atoms with van der Waals surface area (Å²) in [5, 5.41) is 0.415. The minimum Gasteiger partial charge on any atom is -0.492 e. The van der Waals surface area contributed by atoms with E-state index in [2.05, 4.69) is 15.9 Å². The Morgan fingerprint density at radius 1 is 0.970 bits per heavy atom. The first kappa shape index (κ1) is 25.3. The lowest BCUT2D eigenvalue weighted by atomic mass is 10.1. The average molecular weight is 551 g/mol. The predicted octanol–water partition coefficient (Wildman–Crippen LogP) is 6.61. The highest BCUT2D eigenvalue weighted by Gasteiger charge is 2.31. The zero-order chi connectivity index (χ0) is 24.2. The number of ether oxygens (including phenoxy) is 1. The van der Waals surface area contributed by atoms with Crippen LogP contribution in [-0.2, 0) is 14.8 Å². The molecule has 0 heterocycles. The Kier molecular flexibility index (Phi) is 8.21. The molecule has 0 radical (unpaired) electrons. The van der Waals surface area contributed by atoms with Gasteiger partial charge >= 0.3 is 0 Å². The Morgan fingerprint density at radius 2 is 1.61 bits per heavy atom. The third kappa shape index (κ3) is 6.16. The van der Waals surface area contributed by atoms with Gasteiger partial charge in [-0.15, -0.1) is 0 Å².